The molecule has 200 valence electrons. The number of aliphatic hydroxyl groups excluding tert-OH is 1. The molecule has 1 atom stereocenters. The lowest BCUT2D eigenvalue weighted by Gasteiger charge is -2.31. The van der Waals surface area contributed by atoms with Crippen molar-refractivity contribution in [3.05, 3.63) is 86.5 Å². The summed E-state index contributed by atoms with van der Waals surface area (Å²) in [6.45, 7) is 23.1. The number of rotatable bonds is 3. The maximum Gasteiger partial charge on any atom is 0.126 e. The van der Waals surface area contributed by atoms with Gasteiger partial charge in [0, 0.05) is 12.0 Å². The Bertz CT molecular complexity index is 1280. The Morgan fingerprint density at radius 1 is 0.730 bits per heavy atom. The number of aromatic hydroxyl groups is 2. The highest BCUT2D eigenvalue weighted by Gasteiger charge is 2.29. The Morgan fingerprint density at radius 2 is 1.32 bits per heavy atom. The molecule has 0 bridgehead atoms. The number of benzene rings is 2. The highest BCUT2D eigenvalue weighted by atomic mass is 16.3. The van der Waals surface area contributed by atoms with Crippen LogP contribution in [0.5, 0.6) is 11.5 Å². The summed E-state index contributed by atoms with van der Waals surface area (Å²) < 4.78 is 0. The molecular formula is C34H46O3. The molecule has 1 unspecified atom stereocenters. The average Bonchev–Trinajstić information content (AvgIpc) is 2.73. The van der Waals surface area contributed by atoms with Crippen molar-refractivity contribution in [1.82, 2.24) is 0 Å². The third kappa shape index (κ3) is 6.38. The predicted octanol–water partition coefficient (Wildman–Crippen LogP) is 8.27. The van der Waals surface area contributed by atoms with Crippen LogP contribution in [-0.2, 0) is 17.3 Å². The van der Waals surface area contributed by atoms with E-state index in [2.05, 4.69) is 74.5 Å². The van der Waals surface area contributed by atoms with Crippen molar-refractivity contribution in [2.75, 3.05) is 0 Å². The Morgan fingerprint density at radius 3 is 1.86 bits per heavy atom. The van der Waals surface area contributed by atoms with Gasteiger partial charge >= 0.3 is 0 Å². The first-order valence-electron chi connectivity index (χ1n) is 13.3. The molecule has 0 aliphatic heterocycles. The first kappa shape index (κ1) is 28.8. The number of phenolic OH excluding ortho intramolecular Hbond substituents is 2. The molecule has 0 heterocycles. The van der Waals surface area contributed by atoms with E-state index in [1.54, 1.807) is 0 Å². The second-order valence-corrected chi connectivity index (χ2v) is 13.9. The van der Waals surface area contributed by atoms with Crippen LogP contribution >= 0.6 is 0 Å². The van der Waals surface area contributed by atoms with Crippen molar-refractivity contribution in [1.29, 1.82) is 0 Å². The topological polar surface area (TPSA) is 60.7 Å². The van der Waals surface area contributed by atoms with E-state index >= 15 is 0 Å². The molecule has 2 aromatic rings. The van der Waals surface area contributed by atoms with Gasteiger partial charge in [0.1, 0.15) is 17.6 Å². The summed E-state index contributed by atoms with van der Waals surface area (Å²) in [7, 11) is 0. The summed E-state index contributed by atoms with van der Waals surface area (Å²) in [5.41, 5.74) is 7.61. The lowest BCUT2D eigenvalue weighted by molar-refractivity contribution is 0.220. The second kappa shape index (κ2) is 9.83. The van der Waals surface area contributed by atoms with Crippen LogP contribution in [0.2, 0.25) is 0 Å². The number of hydrogen-bond acceptors (Lipinski definition) is 3. The molecule has 3 nitrogen and oxygen atoms in total. The normalized spacial score (nSPS) is 18.2. The van der Waals surface area contributed by atoms with Crippen molar-refractivity contribution in [3.63, 3.8) is 0 Å². The van der Waals surface area contributed by atoms with Gasteiger partial charge in [-0.3, -0.25) is 0 Å². The van der Waals surface area contributed by atoms with Crippen LogP contribution in [0.1, 0.15) is 103 Å². The van der Waals surface area contributed by atoms with Gasteiger partial charge in [0.05, 0.1) is 0 Å². The summed E-state index contributed by atoms with van der Waals surface area (Å²) in [6.07, 6.45) is 5.64. The fourth-order valence-corrected chi connectivity index (χ4v) is 4.98. The van der Waals surface area contributed by atoms with Gasteiger partial charge in [0.15, 0.2) is 0 Å². The van der Waals surface area contributed by atoms with Gasteiger partial charge in [-0.2, -0.15) is 0 Å². The van der Waals surface area contributed by atoms with Gasteiger partial charge in [0.25, 0.3) is 0 Å². The van der Waals surface area contributed by atoms with Gasteiger partial charge in [-0.25, -0.2) is 0 Å². The molecule has 3 rings (SSSR count). The number of aryl methyl sites for hydroxylation is 1. The smallest absolute Gasteiger partial charge is 0.126 e. The molecule has 3 heteroatoms. The van der Waals surface area contributed by atoms with E-state index in [-0.39, 0.29) is 22.0 Å². The fraction of sp³-hybridized carbons (Fsp3) is 0.471. The molecule has 0 aromatic heterocycles. The second-order valence-electron chi connectivity index (χ2n) is 13.9. The molecule has 1 aliphatic rings. The average molecular weight is 503 g/mol. The maximum absolute atomic E-state index is 11.5. The van der Waals surface area contributed by atoms with Crippen molar-refractivity contribution >= 4 is 6.08 Å². The van der Waals surface area contributed by atoms with Crippen molar-refractivity contribution in [2.45, 2.75) is 99.5 Å². The molecule has 1 aliphatic carbocycles. The third-order valence-electron chi connectivity index (χ3n) is 7.18. The number of phenols is 2. The monoisotopic (exact) mass is 502 g/mol. The highest BCUT2D eigenvalue weighted by Crippen LogP contribution is 2.40. The molecule has 0 radical (unpaired) electrons. The summed E-state index contributed by atoms with van der Waals surface area (Å²) in [6, 6.07) is 8.12. The summed E-state index contributed by atoms with van der Waals surface area (Å²) >= 11 is 0. The van der Waals surface area contributed by atoms with Crippen LogP contribution in [0.25, 0.3) is 6.08 Å². The minimum Gasteiger partial charge on any atom is -0.507 e. The van der Waals surface area contributed by atoms with Crippen LogP contribution in [0.4, 0.5) is 0 Å². The fourth-order valence-electron chi connectivity index (χ4n) is 4.98. The lowest BCUT2D eigenvalue weighted by Crippen LogP contribution is -2.25. The molecule has 0 spiro atoms. The summed E-state index contributed by atoms with van der Waals surface area (Å²) in [4.78, 5) is 0. The Kier molecular flexibility index (Phi) is 7.65. The van der Waals surface area contributed by atoms with Crippen LogP contribution in [-0.4, -0.2) is 21.4 Å². The molecule has 37 heavy (non-hydrogen) atoms. The van der Waals surface area contributed by atoms with Gasteiger partial charge in [-0.1, -0.05) is 104 Å². The molecule has 3 N–H and O–H groups in total. The lowest BCUT2D eigenvalue weighted by atomic mass is 9.76. The van der Waals surface area contributed by atoms with Gasteiger partial charge < -0.3 is 15.3 Å². The van der Waals surface area contributed by atoms with E-state index in [1.165, 1.54) is 0 Å². The van der Waals surface area contributed by atoms with Crippen molar-refractivity contribution in [2.24, 2.45) is 5.41 Å². The summed E-state index contributed by atoms with van der Waals surface area (Å²) in [5.74, 6) is 0.476. The van der Waals surface area contributed by atoms with E-state index in [1.807, 2.05) is 44.2 Å². The Labute approximate surface area is 224 Å². The number of aliphatic hydroxyl groups is 1. The molecule has 0 amide bonds. The predicted molar refractivity (Wildman–Crippen MR) is 156 cm³/mol. The van der Waals surface area contributed by atoms with E-state index in [9.17, 15) is 15.3 Å². The Hall–Kier alpha value is -2.78. The highest BCUT2D eigenvalue weighted by molar-refractivity contribution is 5.68. The first-order chi connectivity index (χ1) is 16.8. The summed E-state index contributed by atoms with van der Waals surface area (Å²) in [5, 5.41) is 33.9. The van der Waals surface area contributed by atoms with E-state index in [0.717, 1.165) is 44.5 Å². The maximum atomic E-state index is 11.5. The largest absolute Gasteiger partial charge is 0.507 e. The molecule has 0 saturated carbocycles. The van der Waals surface area contributed by atoms with Gasteiger partial charge in [-0.05, 0) is 75.6 Å². The zero-order valence-electron chi connectivity index (χ0n) is 24.7. The Balaban J connectivity index is 2.19. The van der Waals surface area contributed by atoms with Gasteiger partial charge in [0.2, 0.25) is 0 Å². The SMILES string of the molecule is CC1=C/C(=C\c2cc(C(C)(C)C)cc(Cc3cc(C)cc(C(C)(C)C)c3O)c2O)C(O)C(C(C)(C)C)=C1. The van der Waals surface area contributed by atoms with E-state index in [0.29, 0.717) is 17.7 Å². The standard InChI is InChI=1S/C34H46O3/c1-20-12-22(30(36)27(14-20)33(6,7)8)16-24-18-26(32(3,4)5)19-25(29(24)35)17-23-13-21(2)15-28(31(23)37)34(9,10)11/h12-16,18-19,30,35-37H,17H2,1-11H3/b22-16+. The first-order valence-corrected chi connectivity index (χ1v) is 13.3. The van der Waals surface area contributed by atoms with E-state index in [4.69, 9.17) is 0 Å². The minimum atomic E-state index is -0.736. The van der Waals surface area contributed by atoms with Crippen molar-refractivity contribution < 1.29 is 15.3 Å². The van der Waals surface area contributed by atoms with Crippen molar-refractivity contribution in [3.8, 4) is 11.5 Å². The van der Waals surface area contributed by atoms with Crippen LogP contribution < -0.4 is 0 Å². The van der Waals surface area contributed by atoms with Gasteiger partial charge in [-0.15, -0.1) is 0 Å². The molecule has 0 fully saturated rings. The quantitative estimate of drug-likeness (QED) is 0.396. The third-order valence-corrected chi connectivity index (χ3v) is 7.18. The minimum absolute atomic E-state index is 0.145. The zero-order chi connectivity index (χ0) is 28.1. The molecule has 0 saturated heterocycles. The van der Waals surface area contributed by atoms with Crippen LogP contribution in [0.15, 0.2) is 53.1 Å². The number of allylic oxidation sites excluding steroid dienone is 2. The number of hydrogen-bond donors (Lipinski definition) is 3. The van der Waals surface area contributed by atoms with E-state index < -0.39 is 6.10 Å². The van der Waals surface area contributed by atoms with Crippen LogP contribution in [0.3, 0.4) is 0 Å². The molecule has 2 aromatic carbocycles. The zero-order valence-corrected chi connectivity index (χ0v) is 24.7. The van der Waals surface area contributed by atoms with Crippen LogP contribution in [0, 0.1) is 12.3 Å². The molecular weight excluding hydrogens is 456 g/mol.